The number of para-hydroxylation sites is 1. The standard InChI is InChI=1S/C25H19N3O2S/c1-17-22(13-14-30-17)24-26-27-25(28(24)21-9-3-2-4-10-21)31-16-23(29)20-12-11-18-7-5-6-8-19(18)15-20/h2-15H,16H2,1H3. The molecule has 5 rings (SSSR count). The lowest BCUT2D eigenvalue weighted by molar-refractivity contribution is 0.102. The molecule has 0 radical (unpaired) electrons. The van der Waals surface area contributed by atoms with Gasteiger partial charge in [0.15, 0.2) is 16.8 Å². The summed E-state index contributed by atoms with van der Waals surface area (Å²) >= 11 is 1.38. The predicted molar refractivity (Wildman–Crippen MR) is 123 cm³/mol. The molecule has 6 heteroatoms. The first-order valence-corrected chi connectivity index (χ1v) is 10.9. The molecule has 5 aromatic rings. The smallest absolute Gasteiger partial charge is 0.196 e. The Bertz CT molecular complexity index is 1370. The molecule has 0 fully saturated rings. The number of carbonyl (C=O) groups is 1. The van der Waals surface area contributed by atoms with E-state index in [1.165, 1.54) is 11.8 Å². The van der Waals surface area contributed by atoms with E-state index >= 15 is 0 Å². The van der Waals surface area contributed by atoms with Crippen LogP contribution in [0, 0.1) is 6.92 Å². The molecule has 0 aliphatic rings. The number of benzene rings is 3. The Hall–Kier alpha value is -3.64. The first kappa shape index (κ1) is 19.3. The van der Waals surface area contributed by atoms with Gasteiger partial charge in [-0.15, -0.1) is 10.2 Å². The molecule has 31 heavy (non-hydrogen) atoms. The van der Waals surface area contributed by atoms with Crippen molar-refractivity contribution in [2.45, 2.75) is 12.1 Å². The fraction of sp³-hybridized carbons (Fsp3) is 0.0800. The molecule has 0 atom stereocenters. The van der Waals surface area contributed by atoms with Crippen LogP contribution in [0.5, 0.6) is 0 Å². The van der Waals surface area contributed by atoms with Crippen LogP contribution in [0.15, 0.2) is 94.7 Å². The van der Waals surface area contributed by atoms with Crippen molar-refractivity contribution < 1.29 is 9.21 Å². The minimum atomic E-state index is 0.0550. The molecule has 0 saturated carbocycles. The maximum atomic E-state index is 12.9. The van der Waals surface area contributed by atoms with Crippen LogP contribution in [-0.4, -0.2) is 26.3 Å². The first-order valence-electron chi connectivity index (χ1n) is 9.91. The highest BCUT2D eigenvalue weighted by molar-refractivity contribution is 7.99. The van der Waals surface area contributed by atoms with Gasteiger partial charge < -0.3 is 4.42 Å². The highest BCUT2D eigenvalue weighted by Gasteiger charge is 2.20. The molecule has 0 aliphatic heterocycles. The normalized spacial score (nSPS) is 11.1. The Morgan fingerprint density at radius 2 is 1.71 bits per heavy atom. The number of thioether (sulfide) groups is 1. The summed E-state index contributed by atoms with van der Waals surface area (Å²) in [5.41, 5.74) is 2.51. The summed E-state index contributed by atoms with van der Waals surface area (Å²) in [6.07, 6.45) is 1.64. The summed E-state index contributed by atoms with van der Waals surface area (Å²) in [6.45, 7) is 1.90. The number of aromatic nitrogens is 3. The molecule has 5 nitrogen and oxygen atoms in total. The van der Waals surface area contributed by atoms with Crippen molar-refractivity contribution in [3.8, 4) is 17.1 Å². The van der Waals surface area contributed by atoms with E-state index in [-0.39, 0.29) is 11.5 Å². The zero-order chi connectivity index (χ0) is 21.2. The van der Waals surface area contributed by atoms with Gasteiger partial charge in [-0.3, -0.25) is 9.36 Å². The number of Topliss-reactive ketones (excluding diaryl/α,β-unsaturated/α-hetero) is 1. The zero-order valence-corrected chi connectivity index (χ0v) is 17.7. The monoisotopic (exact) mass is 425 g/mol. The van der Waals surface area contributed by atoms with Crippen LogP contribution in [0.3, 0.4) is 0 Å². The van der Waals surface area contributed by atoms with Crippen LogP contribution in [0.25, 0.3) is 27.8 Å². The third kappa shape index (κ3) is 3.78. The molecule has 3 aromatic carbocycles. The minimum absolute atomic E-state index is 0.0550. The fourth-order valence-electron chi connectivity index (χ4n) is 3.54. The molecule has 0 N–H and O–H groups in total. The fourth-order valence-corrected chi connectivity index (χ4v) is 4.39. The zero-order valence-electron chi connectivity index (χ0n) is 16.9. The maximum Gasteiger partial charge on any atom is 0.196 e. The number of aryl methyl sites for hydroxylation is 1. The van der Waals surface area contributed by atoms with Gasteiger partial charge in [-0.1, -0.05) is 66.4 Å². The van der Waals surface area contributed by atoms with E-state index in [9.17, 15) is 4.79 Å². The number of carbonyl (C=O) groups excluding carboxylic acids is 1. The van der Waals surface area contributed by atoms with Crippen LogP contribution >= 0.6 is 11.8 Å². The van der Waals surface area contributed by atoms with Gasteiger partial charge in [0.2, 0.25) is 0 Å². The summed E-state index contributed by atoms with van der Waals surface area (Å²) in [7, 11) is 0. The average molecular weight is 426 g/mol. The largest absolute Gasteiger partial charge is 0.469 e. The Labute approximate surface area is 183 Å². The highest BCUT2D eigenvalue weighted by atomic mass is 32.2. The van der Waals surface area contributed by atoms with Crippen molar-refractivity contribution in [2.24, 2.45) is 0 Å². The van der Waals surface area contributed by atoms with Crippen molar-refractivity contribution in [3.05, 3.63) is 96.4 Å². The second-order valence-electron chi connectivity index (χ2n) is 7.14. The lowest BCUT2D eigenvalue weighted by Gasteiger charge is -2.10. The molecular formula is C25H19N3O2S. The molecule has 2 aromatic heterocycles. The summed E-state index contributed by atoms with van der Waals surface area (Å²) < 4.78 is 7.44. The van der Waals surface area contributed by atoms with Gasteiger partial charge in [-0.2, -0.15) is 0 Å². The predicted octanol–water partition coefficient (Wildman–Crippen LogP) is 5.96. The average Bonchev–Trinajstić information content (AvgIpc) is 3.43. The highest BCUT2D eigenvalue weighted by Crippen LogP contribution is 2.30. The van der Waals surface area contributed by atoms with E-state index in [1.807, 2.05) is 90.4 Å². The van der Waals surface area contributed by atoms with Gasteiger partial charge in [0, 0.05) is 11.3 Å². The third-order valence-electron chi connectivity index (χ3n) is 5.15. The molecular weight excluding hydrogens is 406 g/mol. The van der Waals surface area contributed by atoms with Crippen LogP contribution < -0.4 is 0 Å². The lowest BCUT2D eigenvalue weighted by Crippen LogP contribution is -2.05. The Morgan fingerprint density at radius 3 is 2.48 bits per heavy atom. The van der Waals surface area contributed by atoms with Crippen molar-refractivity contribution >= 4 is 28.3 Å². The molecule has 0 bridgehead atoms. The van der Waals surface area contributed by atoms with Crippen molar-refractivity contribution in [1.29, 1.82) is 0 Å². The molecule has 0 unspecified atom stereocenters. The SMILES string of the molecule is Cc1occc1-c1nnc(SCC(=O)c2ccc3ccccc3c2)n1-c1ccccc1. The van der Waals surface area contributed by atoms with Gasteiger partial charge in [-0.05, 0) is 42.0 Å². The molecule has 0 aliphatic carbocycles. The van der Waals surface area contributed by atoms with Crippen molar-refractivity contribution in [2.75, 3.05) is 5.75 Å². The second-order valence-corrected chi connectivity index (χ2v) is 8.08. The number of ketones is 1. The summed E-state index contributed by atoms with van der Waals surface area (Å²) in [6, 6.07) is 25.6. The van der Waals surface area contributed by atoms with E-state index in [4.69, 9.17) is 4.42 Å². The van der Waals surface area contributed by atoms with Crippen LogP contribution in [0.1, 0.15) is 16.1 Å². The molecule has 152 valence electrons. The summed E-state index contributed by atoms with van der Waals surface area (Å²) in [5.74, 6) is 1.79. The van der Waals surface area contributed by atoms with Crippen LogP contribution in [0.2, 0.25) is 0 Å². The van der Waals surface area contributed by atoms with Crippen LogP contribution in [-0.2, 0) is 0 Å². The quantitative estimate of drug-likeness (QED) is 0.248. The second kappa shape index (κ2) is 8.24. The Kier molecular flexibility index (Phi) is 5.14. The lowest BCUT2D eigenvalue weighted by atomic mass is 10.1. The Morgan fingerprint density at radius 1 is 0.935 bits per heavy atom. The van der Waals surface area contributed by atoms with E-state index < -0.39 is 0 Å². The molecule has 0 spiro atoms. The topological polar surface area (TPSA) is 60.9 Å². The van der Waals surface area contributed by atoms with Crippen molar-refractivity contribution in [3.63, 3.8) is 0 Å². The van der Waals surface area contributed by atoms with Crippen molar-refractivity contribution in [1.82, 2.24) is 14.8 Å². The van der Waals surface area contributed by atoms with Gasteiger partial charge in [0.25, 0.3) is 0 Å². The molecule has 0 saturated heterocycles. The van der Waals surface area contributed by atoms with Gasteiger partial charge in [0.05, 0.1) is 17.6 Å². The van der Waals surface area contributed by atoms with E-state index in [0.29, 0.717) is 16.5 Å². The number of furan rings is 1. The Balaban J connectivity index is 1.45. The maximum absolute atomic E-state index is 12.9. The summed E-state index contributed by atoms with van der Waals surface area (Å²) in [4.78, 5) is 12.9. The number of hydrogen-bond acceptors (Lipinski definition) is 5. The molecule has 2 heterocycles. The number of nitrogens with zero attached hydrogens (tertiary/aromatic N) is 3. The van der Waals surface area contributed by atoms with Gasteiger partial charge in [-0.25, -0.2) is 0 Å². The number of fused-ring (bicyclic) bond motifs is 1. The number of hydrogen-bond donors (Lipinski definition) is 0. The van der Waals surface area contributed by atoms with E-state index in [0.717, 1.165) is 27.8 Å². The van der Waals surface area contributed by atoms with E-state index in [1.54, 1.807) is 6.26 Å². The number of rotatable bonds is 6. The van der Waals surface area contributed by atoms with Crippen LogP contribution in [0.4, 0.5) is 0 Å². The van der Waals surface area contributed by atoms with E-state index in [2.05, 4.69) is 10.2 Å². The molecule has 0 amide bonds. The first-order chi connectivity index (χ1) is 15.2. The minimum Gasteiger partial charge on any atom is -0.469 e. The van der Waals surface area contributed by atoms with Gasteiger partial charge >= 0.3 is 0 Å². The van der Waals surface area contributed by atoms with Gasteiger partial charge in [0.1, 0.15) is 5.76 Å². The third-order valence-corrected chi connectivity index (χ3v) is 6.08. The summed E-state index contributed by atoms with van der Waals surface area (Å²) in [5, 5.41) is 11.6.